The van der Waals surface area contributed by atoms with Gasteiger partial charge in [0.2, 0.25) is 0 Å². The van der Waals surface area contributed by atoms with E-state index in [0.717, 1.165) is 19.4 Å². The van der Waals surface area contributed by atoms with Gasteiger partial charge in [0.25, 0.3) is 0 Å². The fourth-order valence-electron chi connectivity index (χ4n) is 3.51. The van der Waals surface area contributed by atoms with Gasteiger partial charge in [-0.05, 0) is 25.7 Å². The van der Waals surface area contributed by atoms with Crippen molar-refractivity contribution in [3.8, 4) is 0 Å². The van der Waals surface area contributed by atoms with E-state index in [1.54, 1.807) is 0 Å². The van der Waals surface area contributed by atoms with Crippen LogP contribution in [0, 0.1) is 0 Å². The fraction of sp³-hybridized carbons (Fsp3) is 1.00. The fourth-order valence-corrected chi connectivity index (χ4v) is 3.51. The maximum absolute atomic E-state index is 6.39. The molecule has 4 nitrogen and oxygen atoms in total. The molecule has 0 amide bonds. The van der Waals surface area contributed by atoms with E-state index in [4.69, 9.17) is 10.5 Å². The van der Waals surface area contributed by atoms with Gasteiger partial charge in [0, 0.05) is 51.4 Å². The predicted octanol–water partition coefficient (Wildman–Crippen LogP) is 0.273. The molecule has 3 unspecified atom stereocenters. The lowest BCUT2D eigenvalue weighted by molar-refractivity contribution is -0.00110. The summed E-state index contributed by atoms with van der Waals surface area (Å²) in [5.74, 6) is 0. The molecule has 0 aromatic heterocycles. The second kappa shape index (κ2) is 5.22. The van der Waals surface area contributed by atoms with E-state index in [2.05, 4.69) is 9.80 Å². The first-order valence-electron chi connectivity index (χ1n) is 7.16. The molecule has 0 saturated carbocycles. The van der Waals surface area contributed by atoms with Gasteiger partial charge in [-0.2, -0.15) is 0 Å². The van der Waals surface area contributed by atoms with Crippen molar-refractivity contribution in [3.63, 3.8) is 0 Å². The number of hydrogen-bond donors (Lipinski definition) is 1. The maximum Gasteiger partial charge on any atom is 0.0576 e. The van der Waals surface area contributed by atoms with Crippen LogP contribution in [0.1, 0.15) is 25.7 Å². The standard InChI is InChI=1S/C13H25N3O/c14-12(4-3-11-2-1-9-17-11)13-10-15-5-7-16(13)8-6-15/h11-13H,1-10,14H2. The number of ether oxygens (including phenoxy) is 1. The molecule has 4 heterocycles. The number of hydrogen-bond acceptors (Lipinski definition) is 4. The lowest BCUT2D eigenvalue weighted by Gasteiger charge is -2.49. The largest absolute Gasteiger partial charge is 0.378 e. The van der Waals surface area contributed by atoms with Gasteiger partial charge in [0.15, 0.2) is 0 Å². The number of nitrogens with two attached hydrogens (primary N) is 1. The molecule has 2 N–H and O–H groups in total. The Labute approximate surface area is 104 Å². The third-order valence-corrected chi connectivity index (χ3v) is 4.66. The lowest BCUT2D eigenvalue weighted by Crippen LogP contribution is -2.65. The van der Waals surface area contributed by atoms with Crippen molar-refractivity contribution in [2.75, 3.05) is 39.3 Å². The summed E-state index contributed by atoms with van der Waals surface area (Å²) in [4.78, 5) is 5.16. The Morgan fingerprint density at radius 3 is 2.65 bits per heavy atom. The van der Waals surface area contributed by atoms with Crippen LogP contribution in [0.4, 0.5) is 0 Å². The highest BCUT2D eigenvalue weighted by molar-refractivity contribution is 4.93. The van der Waals surface area contributed by atoms with Crippen molar-refractivity contribution >= 4 is 0 Å². The third kappa shape index (κ3) is 2.65. The van der Waals surface area contributed by atoms with Crippen LogP contribution in [-0.2, 0) is 4.74 Å². The maximum atomic E-state index is 6.39. The van der Waals surface area contributed by atoms with Crippen LogP contribution in [0.2, 0.25) is 0 Å². The Morgan fingerprint density at radius 2 is 2.06 bits per heavy atom. The van der Waals surface area contributed by atoms with E-state index in [0.29, 0.717) is 18.2 Å². The van der Waals surface area contributed by atoms with Gasteiger partial charge in [-0.25, -0.2) is 0 Å². The van der Waals surface area contributed by atoms with Crippen molar-refractivity contribution in [1.29, 1.82) is 0 Å². The van der Waals surface area contributed by atoms with Gasteiger partial charge in [0.1, 0.15) is 0 Å². The van der Waals surface area contributed by atoms with E-state index in [1.165, 1.54) is 45.6 Å². The molecule has 0 spiro atoms. The van der Waals surface area contributed by atoms with Gasteiger partial charge < -0.3 is 10.5 Å². The van der Waals surface area contributed by atoms with E-state index in [9.17, 15) is 0 Å². The van der Waals surface area contributed by atoms with Crippen molar-refractivity contribution in [1.82, 2.24) is 9.80 Å². The van der Waals surface area contributed by atoms with E-state index < -0.39 is 0 Å². The highest BCUT2D eigenvalue weighted by atomic mass is 16.5. The Kier molecular flexibility index (Phi) is 3.66. The first-order chi connectivity index (χ1) is 8.33. The van der Waals surface area contributed by atoms with Gasteiger partial charge >= 0.3 is 0 Å². The van der Waals surface area contributed by atoms with Crippen molar-refractivity contribution in [2.24, 2.45) is 5.73 Å². The Morgan fingerprint density at radius 1 is 1.24 bits per heavy atom. The monoisotopic (exact) mass is 239 g/mol. The molecule has 4 aliphatic heterocycles. The molecular formula is C13H25N3O. The van der Waals surface area contributed by atoms with Crippen molar-refractivity contribution in [3.05, 3.63) is 0 Å². The molecule has 4 rings (SSSR count). The summed E-state index contributed by atoms with van der Waals surface area (Å²) in [5.41, 5.74) is 6.39. The minimum atomic E-state index is 0.335. The van der Waals surface area contributed by atoms with Crippen LogP contribution in [0.3, 0.4) is 0 Å². The molecule has 4 saturated heterocycles. The summed E-state index contributed by atoms with van der Waals surface area (Å²) in [6.07, 6.45) is 5.26. The van der Waals surface area contributed by atoms with E-state index in [1.807, 2.05) is 0 Å². The SMILES string of the molecule is NC(CCC1CCCO1)C1CN2CCN1CC2. The van der Waals surface area contributed by atoms with Gasteiger partial charge in [-0.15, -0.1) is 0 Å². The first kappa shape index (κ1) is 11.9. The van der Waals surface area contributed by atoms with E-state index >= 15 is 0 Å². The molecule has 0 aromatic carbocycles. The van der Waals surface area contributed by atoms with Gasteiger partial charge in [0.05, 0.1) is 6.10 Å². The van der Waals surface area contributed by atoms with Crippen molar-refractivity contribution in [2.45, 2.75) is 43.9 Å². The summed E-state index contributed by atoms with van der Waals surface area (Å²) in [5, 5.41) is 0. The molecule has 4 aliphatic rings. The molecule has 17 heavy (non-hydrogen) atoms. The summed E-state index contributed by atoms with van der Waals surface area (Å²) in [6.45, 7) is 7.08. The second-order valence-corrected chi connectivity index (χ2v) is 5.78. The molecule has 98 valence electrons. The lowest BCUT2D eigenvalue weighted by atomic mass is 9.95. The van der Waals surface area contributed by atoms with Gasteiger partial charge in [-0.3, -0.25) is 9.80 Å². The minimum absolute atomic E-state index is 0.335. The quantitative estimate of drug-likeness (QED) is 0.765. The summed E-state index contributed by atoms with van der Waals surface area (Å²) in [7, 11) is 0. The molecule has 4 fully saturated rings. The molecule has 0 aliphatic carbocycles. The summed E-state index contributed by atoms with van der Waals surface area (Å²) in [6, 6.07) is 0.932. The van der Waals surface area contributed by atoms with Crippen molar-refractivity contribution < 1.29 is 4.74 Å². The molecule has 3 atom stereocenters. The predicted molar refractivity (Wildman–Crippen MR) is 68.0 cm³/mol. The zero-order chi connectivity index (χ0) is 11.7. The summed E-state index contributed by atoms with van der Waals surface area (Å²) < 4.78 is 5.67. The van der Waals surface area contributed by atoms with Crippen LogP contribution in [0.5, 0.6) is 0 Å². The second-order valence-electron chi connectivity index (χ2n) is 5.78. The smallest absolute Gasteiger partial charge is 0.0576 e. The highest BCUT2D eigenvalue weighted by Crippen LogP contribution is 2.22. The number of piperazine rings is 3. The Balaban J connectivity index is 1.46. The Hall–Kier alpha value is -0.160. The number of rotatable bonds is 4. The van der Waals surface area contributed by atoms with E-state index in [-0.39, 0.29) is 0 Å². The molecule has 2 bridgehead atoms. The molecular weight excluding hydrogens is 214 g/mol. The Bertz CT molecular complexity index is 247. The van der Waals surface area contributed by atoms with Crippen LogP contribution in [-0.4, -0.2) is 67.3 Å². The number of fused-ring (bicyclic) bond motifs is 3. The zero-order valence-electron chi connectivity index (χ0n) is 10.7. The average molecular weight is 239 g/mol. The third-order valence-electron chi connectivity index (χ3n) is 4.66. The summed E-state index contributed by atoms with van der Waals surface area (Å²) >= 11 is 0. The minimum Gasteiger partial charge on any atom is -0.378 e. The topological polar surface area (TPSA) is 41.7 Å². The highest BCUT2D eigenvalue weighted by Gasteiger charge is 2.35. The van der Waals surface area contributed by atoms with Crippen LogP contribution in [0.15, 0.2) is 0 Å². The van der Waals surface area contributed by atoms with Gasteiger partial charge in [-0.1, -0.05) is 0 Å². The first-order valence-corrected chi connectivity index (χ1v) is 7.16. The van der Waals surface area contributed by atoms with Crippen LogP contribution < -0.4 is 5.73 Å². The zero-order valence-corrected chi connectivity index (χ0v) is 10.7. The molecule has 0 radical (unpaired) electrons. The average Bonchev–Trinajstić information content (AvgIpc) is 2.90. The molecule has 4 heteroatoms. The molecule has 0 aromatic rings. The van der Waals surface area contributed by atoms with Crippen LogP contribution in [0.25, 0.3) is 0 Å². The van der Waals surface area contributed by atoms with Crippen LogP contribution >= 0.6 is 0 Å². The normalized spacial score (nSPS) is 42.9. The number of nitrogens with zero attached hydrogens (tertiary/aromatic N) is 2.